The number of likely N-dealkylation sites (N-methyl/N-ethyl adjacent to an activating group) is 1. The Labute approximate surface area is 203 Å². The fourth-order valence-electron chi connectivity index (χ4n) is 4.79. The van der Waals surface area contributed by atoms with E-state index in [0.717, 1.165) is 68.8 Å². The van der Waals surface area contributed by atoms with Crippen LogP contribution in [0.2, 0.25) is 0 Å². The van der Waals surface area contributed by atoms with Crippen molar-refractivity contribution >= 4 is 27.3 Å². The number of nitrogens with one attached hydrogen (secondary N) is 1. The monoisotopic (exact) mass is 484 g/mol. The van der Waals surface area contributed by atoms with Crippen molar-refractivity contribution in [2.75, 3.05) is 56.0 Å². The Kier molecular flexibility index (Phi) is 7.91. The third kappa shape index (κ3) is 5.62. The number of sulfonamides is 1. The van der Waals surface area contributed by atoms with Gasteiger partial charge in [-0.2, -0.15) is 4.31 Å². The Morgan fingerprint density at radius 3 is 2.32 bits per heavy atom. The van der Waals surface area contributed by atoms with Crippen LogP contribution in [0.1, 0.15) is 37.3 Å². The number of hydrogen-bond donors (Lipinski definition) is 1. The Morgan fingerprint density at radius 1 is 0.941 bits per heavy atom. The van der Waals surface area contributed by atoms with Crippen LogP contribution in [0.15, 0.2) is 47.4 Å². The first-order chi connectivity index (χ1) is 16.4. The lowest BCUT2D eigenvalue weighted by atomic mass is 10.1. The highest BCUT2D eigenvalue weighted by atomic mass is 32.2. The molecule has 1 N–H and O–H groups in total. The minimum atomic E-state index is -3.59. The summed E-state index contributed by atoms with van der Waals surface area (Å²) < 4.78 is 28.2. The lowest BCUT2D eigenvalue weighted by Crippen LogP contribution is -2.46. The molecular formula is C26H36N4O3S. The molecule has 1 amide bonds. The van der Waals surface area contributed by atoms with Crippen molar-refractivity contribution in [3.05, 3.63) is 53.6 Å². The molecule has 0 aliphatic carbocycles. The zero-order valence-electron chi connectivity index (χ0n) is 20.3. The summed E-state index contributed by atoms with van der Waals surface area (Å²) in [6, 6.07) is 13.1. The van der Waals surface area contributed by atoms with E-state index < -0.39 is 10.0 Å². The summed E-state index contributed by atoms with van der Waals surface area (Å²) in [5.74, 6) is -0.143. The summed E-state index contributed by atoms with van der Waals surface area (Å²) in [6.07, 6.45) is 3.09. The molecule has 2 aliphatic rings. The molecule has 0 atom stereocenters. The predicted octanol–water partition coefficient (Wildman–Crippen LogP) is 3.49. The second-order valence-corrected chi connectivity index (χ2v) is 11.2. The quantitative estimate of drug-likeness (QED) is 0.651. The van der Waals surface area contributed by atoms with E-state index in [9.17, 15) is 13.2 Å². The largest absolute Gasteiger partial charge is 0.367 e. The second-order valence-electron chi connectivity index (χ2n) is 9.22. The number of piperazine rings is 1. The van der Waals surface area contributed by atoms with Crippen LogP contribution in [0.3, 0.4) is 0 Å². The van der Waals surface area contributed by atoms with Gasteiger partial charge >= 0.3 is 0 Å². The van der Waals surface area contributed by atoms with Gasteiger partial charge in [-0.15, -0.1) is 0 Å². The van der Waals surface area contributed by atoms with Crippen LogP contribution in [0, 0.1) is 6.92 Å². The summed E-state index contributed by atoms with van der Waals surface area (Å²) in [4.78, 5) is 17.9. The van der Waals surface area contributed by atoms with Crippen molar-refractivity contribution in [3.8, 4) is 0 Å². The first kappa shape index (κ1) is 24.7. The molecule has 2 aromatic carbocycles. The van der Waals surface area contributed by atoms with Gasteiger partial charge in [0.2, 0.25) is 15.9 Å². The van der Waals surface area contributed by atoms with Crippen LogP contribution < -0.4 is 10.2 Å². The highest BCUT2D eigenvalue weighted by Gasteiger charge is 2.28. The number of amides is 1. The maximum atomic E-state index is 13.3. The van der Waals surface area contributed by atoms with Crippen LogP contribution in [0.5, 0.6) is 0 Å². The number of anilines is 2. The van der Waals surface area contributed by atoms with Gasteiger partial charge in [-0.25, -0.2) is 8.42 Å². The van der Waals surface area contributed by atoms with Crippen molar-refractivity contribution in [2.45, 2.75) is 44.4 Å². The number of hydrogen-bond acceptors (Lipinski definition) is 5. The maximum absolute atomic E-state index is 13.3. The van der Waals surface area contributed by atoms with Gasteiger partial charge in [0, 0.05) is 39.3 Å². The van der Waals surface area contributed by atoms with Crippen LogP contribution >= 0.6 is 0 Å². The van der Waals surface area contributed by atoms with E-state index in [1.165, 1.54) is 0 Å². The third-order valence-corrected chi connectivity index (χ3v) is 8.86. The minimum Gasteiger partial charge on any atom is -0.367 e. The molecule has 4 rings (SSSR count). The fraction of sp³-hybridized carbons (Fsp3) is 0.500. The van der Waals surface area contributed by atoms with E-state index in [1.54, 1.807) is 16.4 Å². The smallest absolute Gasteiger partial charge is 0.243 e. The lowest BCUT2D eigenvalue weighted by molar-refractivity contribution is -0.115. The summed E-state index contributed by atoms with van der Waals surface area (Å²) >= 11 is 0. The number of nitrogens with zero attached hydrogens (tertiary/aromatic N) is 3. The Balaban J connectivity index is 1.62. The van der Waals surface area contributed by atoms with E-state index in [0.29, 0.717) is 18.8 Å². The number of benzene rings is 2. The van der Waals surface area contributed by atoms with Gasteiger partial charge in [-0.1, -0.05) is 37.6 Å². The van der Waals surface area contributed by atoms with Crippen LogP contribution in [-0.4, -0.2) is 69.3 Å². The van der Waals surface area contributed by atoms with E-state index in [4.69, 9.17) is 0 Å². The van der Waals surface area contributed by atoms with Gasteiger partial charge < -0.3 is 15.1 Å². The van der Waals surface area contributed by atoms with E-state index in [2.05, 4.69) is 22.0 Å². The molecular weight excluding hydrogens is 448 g/mol. The average Bonchev–Trinajstić information content (AvgIpc) is 2.86. The van der Waals surface area contributed by atoms with Gasteiger partial charge in [0.25, 0.3) is 0 Å². The summed E-state index contributed by atoms with van der Waals surface area (Å²) in [6.45, 7) is 9.85. The zero-order valence-corrected chi connectivity index (χ0v) is 21.1. The van der Waals surface area contributed by atoms with E-state index >= 15 is 0 Å². The van der Waals surface area contributed by atoms with E-state index in [-0.39, 0.29) is 17.2 Å². The van der Waals surface area contributed by atoms with Crippen molar-refractivity contribution in [1.82, 2.24) is 9.21 Å². The normalized spacial score (nSPS) is 18.1. The molecule has 34 heavy (non-hydrogen) atoms. The topological polar surface area (TPSA) is 73.0 Å². The molecule has 0 aromatic heterocycles. The summed E-state index contributed by atoms with van der Waals surface area (Å²) in [5.41, 5.74) is 3.48. The van der Waals surface area contributed by atoms with E-state index in [1.807, 2.05) is 37.3 Å². The molecule has 0 bridgehead atoms. The first-order valence-corrected chi connectivity index (χ1v) is 13.8. The molecule has 2 fully saturated rings. The van der Waals surface area contributed by atoms with Crippen molar-refractivity contribution in [3.63, 3.8) is 0 Å². The van der Waals surface area contributed by atoms with Gasteiger partial charge in [0.15, 0.2) is 0 Å². The summed E-state index contributed by atoms with van der Waals surface area (Å²) in [5, 5.41) is 3.05. The number of carbonyl (C=O) groups excluding carboxylic acids is 1. The second kappa shape index (κ2) is 10.9. The van der Waals surface area contributed by atoms with Crippen molar-refractivity contribution in [2.24, 2.45) is 0 Å². The van der Waals surface area contributed by atoms with Crippen molar-refractivity contribution < 1.29 is 13.2 Å². The molecule has 0 radical (unpaired) electrons. The number of carbonyl (C=O) groups is 1. The first-order valence-electron chi connectivity index (χ1n) is 12.3. The molecule has 8 heteroatoms. The molecule has 2 saturated heterocycles. The maximum Gasteiger partial charge on any atom is 0.243 e. The van der Waals surface area contributed by atoms with Crippen molar-refractivity contribution in [1.29, 1.82) is 0 Å². The molecule has 0 spiro atoms. The fourth-order valence-corrected chi connectivity index (χ4v) is 6.33. The van der Waals surface area contributed by atoms with Crippen LogP contribution in [-0.2, 0) is 21.2 Å². The molecule has 2 aliphatic heterocycles. The molecule has 2 aromatic rings. The minimum absolute atomic E-state index is 0.143. The molecule has 7 nitrogen and oxygen atoms in total. The van der Waals surface area contributed by atoms with Crippen LogP contribution in [0.4, 0.5) is 11.4 Å². The number of aryl methyl sites for hydroxylation is 1. The van der Waals surface area contributed by atoms with Gasteiger partial charge in [0.1, 0.15) is 0 Å². The lowest BCUT2D eigenvalue weighted by Gasteiger charge is -2.36. The molecule has 2 heterocycles. The molecule has 184 valence electrons. The van der Waals surface area contributed by atoms with Gasteiger partial charge in [0.05, 0.1) is 22.7 Å². The standard InChI is InChI=1S/C26H36N4O3S/c1-3-28-15-17-29(18-16-28)25-12-11-23(34(32,33)30-13-7-4-8-14-30)20-24(25)27-26(31)19-22-10-6-5-9-21(22)2/h5-6,9-12,20H,3-4,7-8,13-19H2,1-2H3,(H,27,31). The van der Waals surface area contributed by atoms with Crippen LogP contribution in [0.25, 0.3) is 0 Å². The molecule has 0 unspecified atom stereocenters. The van der Waals surface area contributed by atoms with Gasteiger partial charge in [-0.05, 0) is 55.6 Å². The van der Waals surface area contributed by atoms with Gasteiger partial charge in [-0.3, -0.25) is 4.79 Å². The summed E-state index contributed by atoms with van der Waals surface area (Å²) in [7, 11) is -3.59. The average molecular weight is 485 g/mol. The Morgan fingerprint density at radius 2 is 1.65 bits per heavy atom. The predicted molar refractivity (Wildman–Crippen MR) is 137 cm³/mol. The Hall–Kier alpha value is -2.42. The highest BCUT2D eigenvalue weighted by molar-refractivity contribution is 7.89. The highest BCUT2D eigenvalue weighted by Crippen LogP contribution is 2.32. The Bertz CT molecular complexity index is 1100. The number of rotatable bonds is 7. The third-order valence-electron chi connectivity index (χ3n) is 6.97. The molecule has 0 saturated carbocycles. The zero-order chi connectivity index (χ0) is 24.1. The number of piperidine rings is 1. The SMILES string of the molecule is CCN1CCN(c2ccc(S(=O)(=O)N3CCCCC3)cc2NC(=O)Cc2ccccc2C)CC1.